The average Bonchev–Trinajstić information content (AvgIpc) is 3.77. The molecule has 12 aromatic rings. The standard InChI is InChI=1S/C52H32N4/c1-3-16-34(17-4-1)50-42-24-11-13-25-45(42)53-52(54-50)41-29-30-47(38-22-10-9-21-37(38)41)56-46-26-14-12-23-39(46)43-31-44-40-28-27-33-15-7-8-20-36(33)51(40)55(48(44)32-49(43)56)35-18-5-2-6-19-35/h1-32H. The van der Waals surface area contributed by atoms with Crippen molar-refractivity contribution in [3.05, 3.63) is 194 Å². The molecule has 12 rings (SSSR count). The third kappa shape index (κ3) is 4.47. The Morgan fingerprint density at radius 1 is 0.357 bits per heavy atom. The highest BCUT2D eigenvalue weighted by Gasteiger charge is 2.22. The van der Waals surface area contributed by atoms with Gasteiger partial charge in [-0.05, 0) is 59.3 Å². The van der Waals surface area contributed by atoms with Crippen LogP contribution < -0.4 is 0 Å². The molecule has 4 heteroatoms. The van der Waals surface area contributed by atoms with Crippen LogP contribution in [0.3, 0.4) is 0 Å². The Labute approximate surface area is 322 Å². The maximum atomic E-state index is 5.28. The van der Waals surface area contributed by atoms with Gasteiger partial charge in [0.2, 0.25) is 0 Å². The van der Waals surface area contributed by atoms with Gasteiger partial charge < -0.3 is 9.13 Å². The zero-order chi connectivity index (χ0) is 36.7. The number of fused-ring (bicyclic) bond motifs is 10. The molecule has 3 aromatic heterocycles. The second-order valence-corrected chi connectivity index (χ2v) is 14.5. The number of hydrogen-bond acceptors (Lipinski definition) is 2. The van der Waals surface area contributed by atoms with Crippen LogP contribution in [-0.4, -0.2) is 19.1 Å². The molecule has 260 valence electrons. The summed E-state index contributed by atoms with van der Waals surface area (Å²) < 4.78 is 4.91. The molecule has 0 aliphatic carbocycles. The Bertz CT molecular complexity index is 3520. The predicted molar refractivity (Wildman–Crippen MR) is 234 cm³/mol. The fourth-order valence-electron chi connectivity index (χ4n) is 9.03. The van der Waals surface area contributed by atoms with E-state index in [4.69, 9.17) is 9.97 Å². The van der Waals surface area contributed by atoms with E-state index in [1.165, 1.54) is 48.9 Å². The van der Waals surface area contributed by atoms with Crippen LogP contribution >= 0.6 is 0 Å². The van der Waals surface area contributed by atoms with Gasteiger partial charge in [0.05, 0.1) is 39.0 Å². The van der Waals surface area contributed by atoms with Crippen LogP contribution in [0.4, 0.5) is 0 Å². The number of rotatable bonds is 4. The van der Waals surface area contributed by atoms with Crippen LogP contribution in [0.2, 0.25) is 0 Å². The summed E-state index contributed by atoms with van der Waals surface area (Å²) in [5.74, 6) is 0.717. The largest absolute Gasteiger partial charge is 0.309 e. The van der Waals surface area contributed by atoms with Gasteiger partial charge in [-0.15, -0.1) is 0 Å². The topological polar surface area (TPSA) is 35.6 Å². The summed E-state index contributed by atoms with van der Waals surface area (Å²) >= 11 is 0. The molecular weight excluding hydrogens is 681 g/mol. The average molecular weight is 713 g/mol. The quantitative estimate of drug-likeness (QED) is 0.182. The molecule has 0 saturated carbocycles. The first kappa shape index (κ1) is 30.9. The molecule has 0 aliphatic heterocycles. The van der Waals surface area contributed by atoms with Crippen molar-refractivity contribution in [3.63, 3.8) is 0 Å². The molecular formula is C52H32N4. The third-order valence-electron chi connectivity index (χ3n) is 11.5. The molecule has 0 N–H and O–H groups in total. The zero-order valence-corrected chi connectivity index (χ0v) is 30.3. The van der Waals surface area contributed by atoms with E-state index in [9.17, 15) is 0 Å². The van der Waals surface area contributed by atoms with Crippen molar-refractivity contribution in [2.75, 3.05) is 0 Å². The minimum absolute atomic E-state index is 0.717. The van der Waals surface area contributed by atoms with Crippen molar-refractivity contribution in [1.29, 1.82) is 0 Å². The third-order valence-corrected chi connectivity index (χ3v) is 11.5. The Hall–Kier alpha value is -7.56. The highest BCUT2D eigenvalue weighted by atomic mass is 15.0. The Balaban J connectivity index is 1.16. The smallest absolute Gasteiger partial charge is 0.161 e. The maximum absolute atomic E-state index is 5.28. The molecule has 0 amide bonds. The molecule has 0 aliphatic rings. The van der Waals surface area contributed by atoms with Gasteiger partial charge in [-0.1, -0.05) is 146 Å². The van der Waals surface area contributed by atoms with Crippen molar-refractivity contribution in [1.82, 2.24) is 19.1 Å². The Morgan fingerprint density at radius 3 is 1.84 bits per heavy atom. The lowest BCUT2D eigenvalue weighted by atomic mass is 10.0. The van der Waals surface area contributed by atoms with Gasteiger partial charge in [0.25, 0.3) is 0 Å². The minimum Gasteiger partial charge on any atom is -0.309 e. The van der Waals surface area contributed by atoms with Gasteiger partial charge in [0.15, 0.2) is 5.82 Å². The summed E-state index contributed by atoms with van der Waals surface area (Å²) in [6, 6.07) is 69.6. The van der Waals surface area contributed by atoms with Gasteiger partial charge >= 0.3 is 0 Å². The number of hydrogen-bond donors (Lipinski definition) is 0. The summed E-state index contributed by atoms with van der Waals surface area (Å²) in [7, 11) is 0. The summed E-state index contributed by atoms with van der Waals surface area (Å²) in [6.45, 7) is 0. The lowest BCUT2D eigenvalue weighted by Crippen LogP contribution is -1.99. The Kier molecular flexibility index (Phi) is 6.60. The van der Waals surface area contributed by atoms with E-state index in [1.54, 1.807) is 0 Å². The molecule has 3 heterocycles. The molecule has 0 unspecified atom stereocenters. The fraction of sp³-hybridized carbons (Fsp3) is 0. The molecule has 0 bridgehead atoms. The molecule has 9 aromatic carbocycles. The van der Waals surface area contributed by atoms with E-state index in [1.807, 2.05) is 12.1 Å². The summed E-state index contributed by atoms with van der Waals surface area (Å²) in [5.41, 5.74) is 10.9. The monoisotopic (exact) mass is 712 g/mol. The van der Waals surface area contributed by atoms with Crippen LogP contribution in [0.15, 0.2) is 194 Å². The van der Waals surface area contributed by atoms with E-state index in [2.05, 4.69) is 191 Å². The predicted octanol–water partition coefficient (Wildman–Crippen LogP) is 13.5. The molecule has 0 radical (unpaired) electrons. The number of aromatic nitrogens is 4. The van der Waals surface area contributed by atoms with Gasteiger partial charge in [-0.25, -0.2) is 9.97 Å². The summed E-state index contributed by atoms with van der Waals surface area (Å²) in [6.07, 6.45) is 0. The van der Waals surface area contributed by atoms with Crippen molar-refractivity contribution >= 4 is 76.1 Å². The molecule has 0 atom stereocenters. The van der Waals surface area contributed by atoms with Gasteiger partial charge in [-0.2, -0.15) is 0 Å². The van der Waals surface area contributed by atoms with E-state index in [-0.39, 0.29) is 0 Å². The van der Waals surface area contributed by atoms with Crippen LogP contribution in [0.25, 0.3) is 110 Å². The highest BCUT2D eigenvalue weighted by Crippen LogP contribution is 2.43. The van der Waals surface area contributed by atoms with E-state index >= 15 is 0 Å². The van der Waals surface area contributed by atoms with Crippen LogP contribution in [0, 0.1) is 0 Å². The van der Waals surface area contributed by atoms with Crippen molar-refractivity contribution in [2.45, 2.75) is 0 Å². The normalized spacial score (nSPS) is 11.9. The molecule has 0 spiro atoms. The van der Waals surface area contributed by atoms with Crippen LogP contribution in [0.1, 0.15) is 0 Å². The van der Waals surface area contributed by atoms with E-state index in [0.717, 1.165) is 55.4 Å². The fourth-order valence-corrected chi connectivity index (χ4v) is 9.03. The lowest BCUT2D eigenvalue weighted by molar-refractivity contribution is 1.17. The van der Waals surface area contributed by atoms with Gasteiger partial charge in [0.1, 0.15) is 0 Å². The highest BCUT2D eigenvalue weighted by molar-refractivity contribution is 6.23. The minimum atomic E-state index is 0.717. The van der Waals surface area contributed by atoms with Gasteiger partial charge in [0, 0.05) is 54.5 Å². The van der Waals surface area contributed by atoms with Crippen molar-refractivity contribution in [3.8, 4) is 34.0 Å². The maximum Gasteiger partial charge on any atom is 0.161 e. The number of benzene rings is 9. The van der Waals surface area contributed by atoms with E-state index < -0.39 is 0 Å². The molecule has 0 fully saturated rings. The first-order valence-electron chi connectivity index (χ1n) is 19.1. The van der Waals surface area contributed by atoms with Crippen molar-refractivity contribution in [2.24, 2.45) is 0 Å². The molecule has 0 saturated heterocycles. The van der Waals surface area contributed by atoms with Gasteiger partial charge in [-0.3, -0.25) is 0 Å². The summed E-state index contributed by atoms with van der Waals surface area (Å²) in [4.78, 5) is 10.4. The second-order valence-electron chi connectivity index (χ2n) is 14.5. The summed E-state index contributed by atoms with van der Waals surface area (Å²) in [5, 5.41) is 10.7. The van der Waals surface area contributed by atoms with Crippen LogP contribution in [-0.2, 0) is 0 Å². The number of para-hydroxylation sites is 3. The molecule has 56 heavy (non-hydrogen) atoms. The second kappa shape index (κ2) is 12.0. The lowest BCUT2D eigenvalue weighted by Gasteiger charge is -2.15. The van der Waals surface area contributed by atoms with Crippen molar-refractivity contribution < 1.29 is 0 Å². The SMILES string of the molecule is c1ccc(-c2nc(-c3ccc(-n4c5ccccc5c5cc6c7ccc8ccccc8c7n(-c7ccccc7)c6cc54)c4ccccc34)nc3ccccc23)cc1. The zero-order valence-electron chi connectivity index (χ0n) is 30.3. The first-order chi connectivity index (χ1) is 27.8. The first-order valence-corrected chi connectivity index (χ1v) is 19.1. The number of nitrogens with zero attached hydrogens (tertiary/aromatic N) is 4. The van der Waals surface area contributed by atoms with E-state index in [0.29, 0.717) is 5.82 Å². The van der Waals surface area contributed by atoms with Crippen LogP contribution in [0.5, 0.6) is 0 Å². The Morgan fingerprint density at radius 2 is 1.00 bits per heavy atom. The molecule has 4 nitrogen and oxygen atoms in total.